The Balaban J connectivity index is 2.83. The van der Waals surface area contributed by atoms with Crippen LogP contribution in [-0.2, 0) is 9.53 Å². The number of Topliss-reactive ketones (excluding diaryl/α,β-unsaturated/α-hetero) is 1. The Morgan fingerprint density at radius 2 is 2.06 bits per heavy atom. The van der Waals surface area contributed by atoms with Crippen molar-refractivity contribution in [2.45, 2.75) is 58.2 Å². The molecule has 4 nitrogen and oxygen atoms in total. The summed E-state index contributed by atoms with van der Waals surface area (Å²) >= 11 is 0. The summed E-state index contributed by atoms with van der Waals surface area (Å²) in [5.41, 5.74) is -0.558. The molecular weight excluding hydrogens is 218 g/mol. The fourth-order valence-corrected chi connectivity index (χ4v) is 1.89. The van der Waals surface area contributed by atoms with Gasteiger partial charge in [0.1, 0.15) is 17.4 Å². The second-order valence-electron chi connectivity index (χ2n) is 5.37. The van der Waals surface area contributed by atoms with Crippen LogP contribution in [0.25, 0.3) is 0 Å². The molecule has 94 valence electrons. The molecule has 0 aromatic heterocycles. The maximum atomic E-state index is 12.0. The lowest BCUT2D eigenvalue weighted by Gasteiger charge is -2.38. The number of ether oxygens (including phenoxy) is 1. The Morgan fingerprint density at radius 3 is 2.53 bits per heavy atom. The second kappa shape index (κ2) is 4.79. The molecule has 1 amide bonds. The van der Waals surface area contributed by atoms with E-state index in [2.05, 4.69) is 5.92 Å². The number of hydrogen-bond donors (Lipinski definition) is 0. The van der Waals surface area contributed by atoms with E-state index in [-0.39, 0.29) is 18.2 Å². The molecule has 4 heteroatoms. The molecular formula is C13H19NO3. The van der Waals surface area contributed by atoms with E-state index in [0.717, 1.165) is 0 Å². The van der Waals surface area contributed by atoms with Gasteiger partial charge in [0.25, 0.3) is 0 Å². The van der Waals surface area contributed by atoms with Gasteiger partial charge < -0.3 is 4.74 Å². The first-order chi connectivity index (χ1) is 7.74. The van der Waals surface area contributed by atoms with Crippen LogP contribution in [0.5, 0.6) is 0 Å². The van der Waals surface area contributed by atoms with Crippen molar-refractivity contribution in [3.8, 4) is 12.3 Å². The third kappa shape index (κ3) is 3.48. The van der Waals surface area contributed by atoms with Gasteiger partial charge in [0, 0.05) is 18.9 Å². The van der Waals surface area contributed by atoms with Crippen molar-refractivity contribution in [1.82, 2.24) is 4.90 Å². The first-order valence-electron chi connectivity index (χ1n) is 5.73. The van der Waals surface area contributed by atoms with Crippen molar-refractivity contribution in [3.63, 3.8) is 0 Å². The maximum Gasteiger partial charge on any atom is 0.411 e. The van der Waals surface area contributed by atoms with Gasteiger partial charge in [0.05, 0.1) is 0 Å². The summed E-state index contributed by atoms with van der Waals surface area (Å²) < 4.78 is 5.30. The highest BCUT2D eigenvalue weighted by atomic mass is 16.6. The number of likely N-dealkylation sites (tertiary alicyclic amines) is 1. The molecule has 0 radical (unpaired) electrons. The quantitative estimate of drug-likeness (QED) is 0.605. The number of nitrogens with zero attached hydrogens (tertiary/aromatic N) is 1. The van der Waals surface area contributed by atoms with E-state index in [4.69, 9.17) is 11.2 Å². The summed E-state index contributed by atoms with van der Waals surface area (Å²) in [6.07, 6.45) is 5.49. The van der Waals surface area contributed by atoms with Crippen LogP contribution in [0.15, 0.2) is 0 Å². The van der Waals surface area contributed by atoms with Gasteiger partial charge in [-0.05, 0) is 27.7 Å². The molecule has 0 unspecified atom stereocenters. The molecule has 1 saturated heterocycles. The summed E-state index contributed by atoms with van der Waals surface area (Å²) in [7, 11) is 0. The number of carbonyl (C=O) groups excluding carboxylic acids is 2. The first kappa shape index (κ1) is 13.6. The summed E-state index contributed by atoms with van der Waals surface area (Å²) in [6, 6.07) is -0.687. The average molecular weight is 237 g/mol. The predicted molar refractivity (Wildman–Crippen MR) is 64.4 cm³/mol. The molecule has 0 spiro atoms. The molecule has 0 bridgehead atoms. The lowest BCUT2D eigenvalue weighted by atomic mass is 9.96. The van der Waals surface area contributed by atoms with Gasteiger partial charge in [-0.25, -0.2) is 4.79 Å². The van der Waals surface area contributed by atoms with Gasteiger partial charge in [-0.3, -0.25) is 9.69 Å². The van der Waals surface area contributed by atoms with E-state index in [1.54, 1.807) is 20.8 Å². The lowest BCUT2D eigenvalue weighted by molar-refractivity contribution is -0.123. The van der Waals surface area contributed by atoms with Gasteiger partial charge in [0.2, 0.25) is 0 Å². The number of rotatable bonds is 0. The van der Waals surface area contributed by atoms with Gasteiger partial charge in [-0.2, -0.15) is 0 Å². The average Bonchev–Trinajstić information content (AvgIpc) is 2.12. The van der Waals surface area contributed by atoms with Crippen molar-refractivity contribution in [1.29, 1.82) is 0 Å². The van der Waals surface area contributed by atoms with Crippen LogP contribution in [0, 0.1) is 12.3 Å². The number of carbonyl (C=O) groups is 2. The van der Waals surface area contributed by atoms with E-state index in [0.29, 0.717) is 6.42 Å². The van der Waals surface area contributed by atoms with E-state index >= 15 is 0 Å². The van der Waals surface area contributed by atoms with Crippen LogP contribution >= 0.6 is 0 Å². The molecule has 1 fully saturated rings. The minimum atomic E-state index is -0.558. The molecule has 1 aliphatic heterocycles. The highest BCUT2D eigenvalue weighted by Gasteiger charge is 2.36. The Morgan fingerprint density at radius 1 is 1.47 bits per heavy atom. The van der Waals surface area contributed by atoms with Crippen LogP contribution in [-0.4, -0.2) is 34.5 Å². The molecule has 0 aliphatic carbocycles. The molecule has 1 rings (SSSR count). The van der Waals surface area contributed by atoms with Gasteiger partial charge >= 0.3 is 6.09 Å². The third-order valence-corrected chi connectivity index (χ3v) is 2.55. The Bertz CT molecular complexity index is 362. The largest absolute Gasteiger partial charge is 0.444 e. The first-order valence-corrected chi connectivity index (χ1v) is 5.73. The number of hydrogen-bond acceptors (Lipinski definition) is 3. The van der Waals surface area contributed by atoms with Crippen LogP contribution in [0.4, 0.5) is 4.79 Å². The van der Waals surface area contributed by atoms with Gasteiger partial charge in [-0.15, -0.1) is 6.42 Å². The van der Waals surface area contributed by atoms with E-state index in [9.17, 15) is 9.59 Å². The van der Waals surface area contributed by atoms with Gasteiger partial charge in [-0.1, -0.05) is 5.92 Å². The Labute approximate surface area is 102 Å². The molecule has 0 aromatic rings. The normalized spacial score (nSPS) is 25.4. The zero-order valence-electron chi connectivity index (χ0n) is 10.8. The van der Waals surface area contributed by atoms with Crippen molar-refractivity contribution in [3.05, 3.63) is 0 Å². The lowest BCUT2D eigenvalue weighted by Crippen LogP contribution is -2.52. The van der Waals surface area contributed by atoms with Crippen molar-refractivity contribution in [2.75, 3.05) is 0 Å². The van der Waals surface area contributed by atoms with Crippen LogP contribution in [0.2, 0.25) is 0 Å². The minimum absolute atomic E-state index is 0.0975. The monoisotopic (exact) mass is 237 g/mol. The predicted octanol–water partition coefficient (Wildman–Crippen LogP) is 1.98. The summed E-state index contributed by atoms with van der Waals surface area (Å²) in [5.74, 6) is 2.58. The zero-order valence-corrected chi connectivity index (χ0v) is 10.8. The molecule has 1 heterocycles. The number of piperidine rings is 1. The van der Waals surface area contributed by atoms with E-state index < -0.39 is 17.7 Å². The van der Waals surface area contributed by atoms with Gasteiger partial charge in [0.15, 0.2) is 0 Å². The van der Waals surface area contributed by atoms with Crippen molar-refractivity contribution >= 4 is 11.9 Å². The SMILES string of the molecule is C#C[C@H]1CC(=O)C[C@H](C)N1C(=O)OC(C)(C)C. The maximum absolute atomic E-state index is 12.0. The van der Waals surface area contributed by atoms with Crippen LogP contribution in [0.3, 0.4) is 0 Å². The molecule has 0 aromatic carbocycles. The Hall–Kier alpha value is -1.50. The van der Waals surface area contributed by atoms with Crippen LogP contribution in [0.1, 0.15) is 40.5 Å². The van der Waals surface area contributed by atoms with E-state index in [1.807, 2.05) is 6.92 Å². The molecule has 0 saturated carbocycles. The fraction of sp³-hybridized carbons (Fsp3) is 0.692. The Kier molecular flexibility index (Phi) is 3.82. The second-order valence-corrected chi connectivity index (χ2v) is 5.37. The molecule has 17 heavy (non-hydrogen) atoms. The zero-order chi connectivity index (χ0) is 13.2. The summed E-state index contributed by atoms with van der Waals surface area (Å²) in [6.45, 7) is 7.21. The van der Waals surface area contributed by atoms with E-state index in [1.165, 1.54) is 4.90 Å². The number of terminal acetylenes is 1. The number of ketones is 1. The fourth-order valence-electron chi connectivity index (χ4n) is 1.89. The summed E-state index contributed by atoms with van der Waals surface area (Å²) in [4.78, 5) is 24.9. The smallest absolute Gasteiger partial charge is 0.411 e. The molecule has 2 atom stereocenters. The molecule has 0 N–H and O–H groups in total. The van der Waals surface area contributed by atoms with Crippen molar-refractivity contribution in [2.24, 2.45) is 0 Å². The van der Waals surface area contributed by atoms with Crippen LogP contribution < -0.4 is 0 Å². The van der Waals surface area contributed by atoms with Crippen molar-refractivity contribution < 1.29 is 14.3 Å². The third-order valence-electron chi connectivity index (χ3n) is 2.55. The topological polar surface area (TPSA) is 46.6 Å². The summed E-state index contributed by atoms with van der Waals surface area (Å²) in [5, 5.41) is 0. The minimum Gasteiger partial charge on any atom is -0.444 e. The highest BCUT2D eigenvalue weighted by Crippen LogP contribution is 2.22. The highest BCUT2D eigenvalue weighted by molar-refractivity contribution is 5.83. The molecule has 1 aliphatic rings. The number of amides is 1. The standard InChI is InChI=1S/C13H19NO3/c1-6-10-8-11(15)7-9(2)14(10)12(16)17-13(3,4)5/h1,9-10H,7-8H2,2-5H3/t9-,10-/m0/s1.